The topological polar surface area (TPSA) is 58.6 Å². The Morgan fingerprint density at radius 2 is 1.42 bits per heavy atom. The van der Waals surface area contributed by atoms with Gasteiger partial charge in [0.25, 0.3) is 5.97 Å². The molecular formula is C15H33NO3. The lowest BCUT2D eigenvalue weighted by Gasteiger charge is -2.04. The van der Waals surface area contributed by atoms with Crippen LogP contribution in [0, 0.1) is 0 Å². The van der Waals surface area contributed by atoms with Crippen molar-refractivity contribution in [2.24, 2.45) is 0 Å². The van der Waals surface area contributed by atoms with E-state index in [1.807, 2.05) is 0 Å². The van der Waals surface area contributed by atoms with E-state index >= 15 is 0 Å². The van der Waals surface area contributed by atoms with Crippen molar-refractivity contribution in [3.63, 3.8) is 0 Å². The summed E-state index contributed by atoms with van der Waals surface area (Å²) in [5, 5.41) is 7.42. The molecule has 0 fully saturated rings. The van der Waals surface area contributed by atoms with Gasteiger partial charge < -0.3 is 9.94 Å². The molecule has 0 saturated carbocycles. The van der Waals surface area contributed by atoms with Crippen molar-refractivity contribution >= 4 is 5.97 Å². The number of aliphatic carboxylic acids is 1. The van der Waals surface area contributed by atoms with E-state index in [2.05, 4.69) is 19.3 Å². The summed E-state index contributed by atoms with van der Waals surface area (Å²) >= 11 is 0. The quantitative estimate of drug-likeness (QED) is 0.415. The minimum Gasteiger partial charge on any atom is -0.481 e. The van der Waals surface area contributed by atoms with Gasteiger partial charge in [-0.1, -0.05) is 58.8 Å². The highest BCUT2D eigenvalue weighted by atomic mass is 16.6. The molecule has 0 heterocycles. The number of hydrogen-bond acceptors (Lipinski definition) is 3. The molecule has 19 heavy (non-hydrogen) atoms. The molecule has 0 aliphatic heterocycles. The molecule has 0 aromatic carbocycles. The van der Waals surface area contributed by atoms with Gasteiger partial charge in [-0.25, -0.2) is 5.48 Å². The SMILES string of the molecule is CC(=O)O.CCCCCCCCCCONCCC. The van der Waals surface area contributed by atoms with E-state index in [0.29, 0.717) is 0 Å². The molecular weight excluding hydrogens is 242 g/mol. The van der Waals surface area contributed by atoms with Gasteiger partial charge in [0.2, 0.25) is 0 Å². The second kappa shape index (κ2) is 19.7. The molecule has 0 aliphatic rings. The van der Waals surface area contributed by atoms with Gasteiger partial charge in [0.1, 0.15) is 0 Å². The molecule has 0 aromatic rings. The molecule has 0 aromatic heterocycles. The first kappa shape index (κ1) is 20.7. The second-order valence-corrected chi connectivity index (χ2v) is 4.74. The molecule has 0 rings (SSSR count). The Kier molecular flexibility index (Phi) is 21.5. The monoisotopic (exact) mass is 275 g/mol. The Bertz CT molecular complexity index is 159. The second-order valence-electron chi connectivity index (χ2n) is 4.74. The maximum atomic E-state index is 9.00. The van der Waals surface area contributed by atoms with Crippen LogP contribution in [0.1, 0.15) is 78.6 Å². The third-order valence-electron chi connectivity index (χ3n) is 2.55. The standard InChI is InChI=1S/C13H29NO.C2H4O2/c1-3-5-6-7-8-9-10-11-13-15-14-12-4-2;1-2(3)4/h14H,3-13H2,1-2H3;1H3,(H,3,4). The summed E-state index contributed by atoms with van der Waals surface area (Å²) in [6.45, 7) is 7.33. The molecule has 0 unspecified atom stereocenters. The molecule has 0 aliphatic carbocycles. The summed E-state index contributed by atoms with van der Waals surface area (Å²) in [5.74, 6) is -0.833. The number of carboxylic acid groups (broad SMARTS) is 1. The lowest BCUT2D eigenvalue weighted by molar-refractivity contribution is -0.134. The summed E-state index contributed by atoms with van der Waals surface area (Å²) in [4.78, 5) is 14.3. The smallest absolute Gasteiger partial charge is 0.300 e. The highest BCUT2D eigenvalue weighted by molar-refractivity contribution is 5.62. The molecule has 116 valence electrons. The predicted octanol–water partition coefficient (Wildman–Crippen LogP) is 4.15. The zero-order chi connectivity index (χ0) is 14.8. The number of nitrogens with one attached hydrogen (secondary N) is 1. The highest BCUT2D eigenvalue weighted by Gasteiger charge is 1.91. The van der Waals surface area contributed by atoms with Gasteiger partial charge in [-0.05, 0) is 12.8 Å². The first-order valence-corrected chi connectivity index (χ1v) is 7.69. The Hall–Kier alpha value is -0.610. The molecule has 4 nitrogen and oxygen atoms in total. The van der Waals surface area contributed by atoms with Crippen LogP contribution in [-0.2, 0) is 9.63 Å². The van der Waals surface area contributed by atoms with Crippen LogP contribution in [0.4, 0.5) is 0 Å². The van der Waals surface area contributed by atoms with E-state index in [1.54, 1.807) is 0 Å². The highest BCUT2D eigenvalue weighted by Crippen LogP contribution is 2.07. The summed E-state index contributed by atoms with van der Waals surface area (Å²) in [6, 6.07) is 0. The first-order chi connectivity index (χ1) is 9.15. The van der Waals surface area contributed by atoms with Crippen LogP contribution >= 0.6 is 0 Å². The van der Waals surface area contributed by atoms with Crippen LogP contribution < -0.4 is 5.48 Å². The maximum absolute atomic E-state index is 9.00. The van der Waals surface area contributed by atoms with Crippen LogP contribution in [0.3, 0.4) is 0 Å². The average Bonchev–Trinajstić information content (AvgIpc) is 2.35. The fourth-order valence-electron chi connectivity index (χ4n) is 1.55. The lowest BCUT2D eigenvalue weighted by atomic mass is 10.1. The van der Waals surface area contributed by atoms with Gasteiger partial charge in [0.05, 0.1) is 6.61 Å². The van der Waals surface area contributed by atoms with Gasteiger partial charge >= 0.3 is 0 Å². The molecule has 2 N–H and O–H groups in total. The lowest BCUT2D eigenvalue weighted by Crippen LogP contribution is -2.15. The van der Waals surface area contributed by atoms with E-state index in [-0.39, 0.29) is 0 Å². The summed E-state index contributed by atoms with van der Waals surface area (Å²) in [6.07, 6.45) is 12.0. The fraction of sp³-hybridized carbons (Fsp3) is 0.933. The number of hydrogen-bond donors (Lipinski definition) is 2. The summed E-state index contributed by atoms with van der Waals surface area (Å²) in [7, 11) is 0. The third kappa shape index (κ3) is 31.7. The average molecular weight is 275 g/mol. The molecule has 0 radical (unpaired) electrons. The van der Waals surface area contributed by atoms with Crippen LogP contribution in [0.15, 0.2) is 0 Å². The molecule has 0 atom stereocenters. The summed E-state index contributed by atoms with van der Waals surface area (Å²) < 4.78 is 0. The maximum Gasteiger partial charge on any atom is 0.300 e. The molecule has 4 heteroatoms. The van der Waals surface area contributed by atoms with Crippen LogP contribution in [0.5, 0.6) is 0 Å². The van der Waals surface area contributed by atoms with Gasteiger partial charge in [0, 0.05) is 13.5 Å². The Balaban J connectivity index is 0. The van der Waals surface area contributed by atoms with E-state index in [1.165, 1.54) is 51.4 Å². The number of carbonyl (C=O) groups is 1. The van der Waals surface area contributed by atoms with Crippen molar-refractivity contribution in [2.45, 2.75) is 78.6 Å². The van der Waals surface area contributed by atoms with Crippen molar-refractivity contribution in [2.75, 3.05) is 13.2 Å². The van der Waals surface area contributed by atoms with Crippen LogP contribution in [0.2, 0.25) is 0 Å². The Morgan fingerprint density at radius 3 is 1.89 bits per heavy atom. The van der Waals surface area contributed by atoms with E-state index in [0.717, 1.165) is 26.5 Å². The van der Waals surface area contributed by atoms with Crippen molar-refractivity contribution in [3.8, 4) is 0 Å². The zero-order valence-electron chi connectivity index (χ0n) is 13.0. The van der Waals surface area contributed by atoms with Crippen molar-refractivity contribution < 1.29 is 14.7 Å². The number of carboxylic acids is 1. The predicted molar refractivity (Wildman–Crippen MR) is 80.2 cm³/mol. The fourth-order valence-corrected chi connectivity index (χ4v) is 1.55. The summed E-state index contributed by atoms with van der Waals surface area (Å²) in [5.41, 5.74) is 2.95. The van der Waals surface area contributed by atoms with Crippen LogP contribution in [-0.4, -0.2) is 24.2 Å². The molecule has 0 spiro atoms. The van der Waals surface area contributed by atoms with Gasteiger partial charge in [-0.15, -0.1) is 0 Å². The van der Waals surface area contributed by atoms with Crippen molar-refractivity contribution in [1.29, 1.82) is 0 Å². The zero-order valence-corrected chi connectivity index (χ0v) is 13.0. The van der Waals surface area contributed by atoms with E-state index in [4.69, 9.17) is 14.7 Å². The third-order valence-corrected chi connectivity index (χ3v) is 2.55. The molecule has 0 saturated heterocycles. The van der Waals surface area contributed by atoms with E-state index < -0.39 is 5.97 Å². The molecule has 0 bridgehead atoms. The number of hydroxylamine groups is 1. The van der Waals surface area contributed by atoms with Crippen LogP contribution in [0.25, 0.3) is 0 Å². The molecule has 0 amide bonds. The Morgan fingerprint density at radius 1 is 0.947 bits per heavy atom. The largest absolute Gasteiger partial charge is 0.481 e. The van der Waals surface area contributed by atoms with Crippen molar-refractivity contribution in [1.82, 2.24) is 5.48 Å². The minimum atomic E-state index is -0.833. The van der Waals surface area contributed by atoms with E-state index in [9.17, 15) is 0 Å². The minimum absolute atomic E-state index is 0.833. The number of rotatable bonds is 12. The van der Waals surface area contributed by atoms with Gasteiger partial charge in [0.15, 0.2) is 0 Å². The Labute approximate surface area is 118 Å². The normalized spacial score (nSPS) is 9.84. The van der Waals surface area contributed by atoms with Gasteiger partial charge in [-0.3, -0.25) is 4.79 Å². The van der Waals surface area contributed by atoms with Crippen molar-refractivity contribution in [3.05, 3.63) is 0 Å². The van der Waals surface area contributed by atoms with Gasteiger partial charge in [-0.2, -0.15) is 0 Å². The first-order valence-electron chi connectivity index (χ1n) is 7.69. The number of unbranched alkanes of at least 4 members (excludes halogenated alkanes) is 7.